The molecular weight excluding hydrogens is 256 g/mol. The van der Waals surface area contributed by atoms with Gasteiger partial charge in [-0.3, -0.25) is 4.90 Å². The van der Waals surface area contributed by atoms with Gasteiger partial charge in [0.05, 0.1) is 13.2 Å². The van der Waals surface area contributed by atoms with Crippen LogP contribution in [0.1, 0.15) is 17.7 Å². The molecule has 0 aromatic carbocycles. The van der Waals surface area contributed by atoms with Gasteiger partial charge in [0.1, 0.15) is 0 Å². The van der Waals surface area contributed by atoms with Gasteiger partial charge in [-0.2, -0.15) is 0 Å². The van der Waals surface area contributed by atoms with Gasteiger partial charge in [0.2, 0.25) is 0 Å². The molecule has 1 aliphatic rings. The van der Waals surface area contributed by atoms with Crippen LogP contribution < -0.4 is 5.73 Å². The lowest BCUT2D eigenvalue weighted by Gasteiger charge is -2.20. The van der Waals surface area contributed by atoms with Crippen molar-refractivity contribution in [1.29, 1.82) is 0 Å². The van der Waals surface area contributed by atoms with Crippen molar-refractivity contribution in [2.75, 3.05) is 26.3 Å². The number of rotatable bonds is 8. The highest BCUT2D eigenvalue weighted by Gasteiger charge is 2.28. The molecule has 0 atom stereocenters. The van der Waals surface area contributed by atoms with Crippen LogP contribution in [0.3, 0.4) is 0 Å². The van der Waals surface area contributed by atoms with Crippen molar-refractivity contribution < 1.29 is 4.74 Å². The lowest BCUT2D eigenvalue weighted by atomic mass is 10.4. The van der Waals surface area contributed by atoms with Gasteiger partial charge in [-0.1, -0.05) is 6.07 Å². The molecule has 0 saturated heterocycles. The number of hydrogen-bond acceptors (Lipinski definition) is 4. The molecule has 5 heteroatoms. The van der Waals surface area contributed by atoms with Crippen LogP contribution in [0.2, 0.25) is 0 Å². The summed E-state index contributed by atoms with van der Waals surface area (Å²) in [6.07, 6.45) is 2.70. The van der Waals surface area contributed by atoms with Gasteiger partial charge in [-0.05, 0) is 24.3 Å². The Morgan fingerprint density at radius 1 is 1.41 bits per heavy atom. The minimum absolute atomic E-state index is 0. The molecule has 1 aromatic heterocycles. The molecule has 0 aliphatic heterocycles. The summed E-state index contributed by atoms with van der Waals surface area (Å²) in [5.74, 6) is 0. The molecule has 1 aliphatic carbocycles. The van der Waals surface area contributed by atoms with E-state index in [9.17, 15) is 0 Å². The first-order chi connectivity index (χ1) is 7.90. The third kappa shape index (κ3) is 5.36. The summed E-state index contributed by atoms with van der Waals surface area (Å²) >= 11 is 1.84. The number of nitrogens with two attached hydrogens (primary N) is 1. The number of halogens is 1. The first kappa shape index (κ1) is 14.9. The summed E-state index contributed by atoms with van der Waals surface area (Å²) in [4.78, 5) is 3.98. The van der Waals surface area contributed by atoms with Crippen LogP contribution in [-0.2, 0) is 11.3 Å². The highest BCUT2D eigenvalue weighted by Crippen LogP contribution is 2.28. The predicted molar refractivity (Wildman–Crippen MR) is 74.9 cm³/mol. The van der Waals surface area contributed by atoms with E-state index in [1.165, 1.54) is 17.7 Å². The molecule has 1 heterocycles. The Hall–Kier alpha value is -0.130. The SMILES string of the molecule is Cl.NCCOCCN(Cc1cccs1)C1CC1. The Morgan fingerprint density at radius 2 is 2.24 bits per heavy atom. The van der Waals surface area contributed by atoms with Gasteiger partial charge in [0.15, 0.2) is 0 Å². The van der Waals surface area contributed by atoms with Gasteiger partial charge >= 0.3 is 0 Å². The topological polar surface area (TPSA) is 38.5 Å². The van der Waals surface area contributed by atoms with Crippen LogP contribution in [0, 0.1) is 0 Å². The zero-order valence-corrected chi connectivity index (χ0v) is 11.6. The van der Waals surface area contributed by atoms with Crippen molar-refractivity contribution >= 4 is 23.7 Å². The van der Waals surface area contributed by atoms with Crippen molar-refractivity contribution in [2.45, 2.75) is 25.4 Å². The third-order valence-electron chi connectivity index (χ3n) is 2.79. The van der Waals surface area contributed by atoms with E-state index in [1.54, 1.807) is 0 Å². The van der Waals surface area contributed by atoms with Crippen molar-refractivity contribution in [2.24, 2.45) is 5.73 Å². The van der Waals surface area contributed by atoms with Crippen LogP contribution in [0.15, 0.2) is 17.5 Å². The van der Waals surface area contributed by atoms with Crippen molar-refractivity contribution in [3.05, 3.63) is 22.4 Å². The molecule has 2 rings (SSSR count). The highest BCUT2D eigenvalue weighted by molar-refractivity contribution is 7.09. The van der Waals surface area contributed by atoms with E-state index in [0.29, 0.717) is 13.2 Å². The quantitative estimate of drug-likeness (QED) is 0.739. The average Bonchev–Trinajstić information content (AvgIpc) is 3.02. The van der Waals surface area contributed by atoms with Crippen LogP contribution in [0.4, 0.5) is 0 Å². The first-order valence-corrected chi connectivity index (χ1v) is 6.82. The van der Waals surface area contributed by atoms with E-state index in [4.69, 9.17) is 10.5 Å². The standard InChI is InChI=1S/C12H20N2OS.ClH/c13-5-7-15-8-6-14(11-3-4-11)10-12-2-1-9-16-12;/h1-2,9,11H,3-8,10,13H2;1H. The molecule has 0 spiro atoms. The van der Waals surface area contributed by atoms with Crippen LogP contribution in [-0.4, -0.2) is 37.2 Å². The fourth-order valence-electron chi connectivity index (χ4n) is 1.80. The van der Waals surface area contributed by atoms with E-state index >= 15 is 0 Å². The molecule has 1 aromatic rings. The molecule has 98 valence electrons. The minimum atomic E-state index is 0. The minimum Gasteiger partial charge on any atom is -0.379 e. The fraction of sp³-hybridized carbons (Fsp3) is 0.667. The number of thiophene rings is 1. The molecule has 1 fully saturated rings. The Labute approximate surface area is 113 Å². The van der Waals surface area contributed by atoms with E-state index in [2.05, 4.69) is 22.4 Å². The second-order valence-electron chi connectivity index (χ2n) is 4.18. The van der Waals surface area contributed by atoms with Crippen molar-refractivity contribution in [3.63, 3.8) is 0 Å². The molecule has 3 nitrogen and oxygen atoms in total. The smallest absolute Gasteiger partial charge is 0.0594 e. The Balaban J connectivity index is 0.00000144. The Morgan fingerprint density at radius 3 is 2.82 bits per heavy atom. The summed E-state index contributed by atoms with van der Waals surface area (Å²) in [7, 11) is 0. The maximum absolute atomic E-state index is 5.45. The zero-order chi connectivity index (χ0) is 11.2. The summed E-state index contributed by atoms with van der Waals surface area (Å²) < 4.78 is 5.45. The second-order valence-corrected chi connectivity index (χ2v) is 5.21. The zero-order valence-electron chi connectivity index (χ0n) is 10.0. The van der Waals surface area contributed by atoms with Gasteiger partial charge in [-0.15, -0.1) is 23.7 Å². The van der Waals surface area contributed by atoms with Gasteiger partial charge in [-0.25, -0.2) is 0 Å². The highest BCUT2D eigenvalue weighted by atomic mass is 35.5. The predicted octanol–water partition coefficient (Wildman–Crippen LogP) is 2.11. The van der Waals surface area contributed by atoms with Gasteiger partial charge in [0, 0.05) is 30.6 Å². The summed E-state index contributed by atoms with van der Waals surface area (Å²) in [5.41, 5.74) is 5.39. The molecule has 0 amide bonds. The molecule has 0 radical (unpaired) electrons. The Bertz CT molecular complexity index is 291. The summed E-state index contributed by atoms with van der Waals surface area (Å²) in [6.45, 7) is 4.21. The lowest BCUT2D eigenvalue weighted by molar-refractivity contribution is 0.104. The van der Waals surface area contributed by atoms with Gasteiger partial charge in [0.25, 0.3) is 0 Å². The maximum Gasteiger partial charge on any atom is 0.0594 e. The molecule has 1 saturated carbocycles. The number of hydrogen-bond donors (Lipinski definition) is 1. The molecule has 2 N–H and O–H groups in total. The largest absolute Gasteiger partial charge is 0.379 e. The van der Waals surface area contributed by atoms with E-state index < -0.39 is 0 Å². The first-order valence-electron chi connectivity index (χ1n) is 5.94. The molecule has 0 unspecified atom stereocenters. The van der Waals surface area contributed by atoms with Crippen LogP contribution in [0.25, 0.3) is 0 Å². The number of nitrogens with zero attached hydrogens (tertiary/aromatic N) is 1. The molecule has 0 bridgehead atoms. The van der Waals surface area contributed by atoms with Crippen LogP contribution in [0.5, 0.6) is 0 Å². The van der Waals surface area contributed by atoms with Crippen LogP contribution >= 0.6 is 23.7 Å². The van der Waals surface area contributed by atoms with E-state index in [-0.39, 0.29) is 12.4 Å². The third-order valence-corrected chi connectivity index (χ3v) is 3.65. The Kier molecular flexibility index (Phi) is 7.08. The summed E-state index contributed by atoms with van der Waals surface area (Å²) in [6, 6.07) is 5.13. The van der Waals surface area contributed by atoms with Gasteiger partial charge < -0.3 is 10.5 Å². The van der Waals surface area contributed by atoms with Crippen molar-refractivity contribution in [3.8, 4) is 0 Å². The molecular formula is C12H21ClN2OS. The van der Waals surface area contributed by atoms with Crippen molar-refractivity contribution in [1.82, 2.24) is 4.90 Å². The maximum atomic E-state index is 5.45. The monoisotopic (exact) mass is 276 g/mol. The fourth-order valence-corrected chi connectivity index (χ4v) is 2.53. The lowest BCUT2D eigenvalue weighted by Crippen LogP contribution is -2.29. The number of ether oxygens (including phenoxy) is 1. The average molecular weight is 277 g/mol. The van der Waals surface area contributed by atoms with E-state index in [0.717, 1.165) is 25.7 Å². The normalized spacial score (nSPS) is 14.9. The van der Waals surface area contributed by atoms with E-state index in [1.807, 2.05) is 11.3 Å². The second kappa shape index (κ2) is 8.06. The summed E-state index contributed by atoms with van der Waals surface area (Å²) in [5, 5.41) is 2.14. The molecule has 17 heavy (non-hydrogen) atoms.